The molecule has 1 aromatic carbocycles. The standard InChI is InChI=1S/C21H28FN3O2/c1-3-18-12-19(27-24-18)14-25-10-4-5-16(13-25)6-9-21(26)23-20-8-7-17(22)11-15(20)2/h7-8,11-12,16H,3-6,9-10,13-14H2,1-2H3,(H,23,26)/t16-/m0/s1. The third-order valence-electron chi connectivity index (χ3n) is 5.19. The summed E-state index contributed by atoms with van der Waals surface area (Å²) in [6.07, 6.45) is 4.51. The number of piperidine rings is 1. The molecule has 0 spiro atoms. The maximum atomic E-state index is 13.2. The van der Waals surface area contributed by atoms with Crippen LogP contribution in [0.15, 0.2) is 28.8 Å². The van der Waals surface area contributed by atoms with Gasteiger partial charge in [0.25, 0.3) is 0 Å². The fourth-order valence-electron chi connectivity index (χ4n) is 3.66. The molecule has 0 bridgehead atoms. The third-order valence-corrected chi connectivity index (χ3v) is 5.19. The highest BCUT2D eigenvalue weighted by Crippen LogP contribution is 2.23. The van der Waals surface area contributed by atoms with Gasteiger partial charge in [-0.25, -0.2) is 4.39 Å². The summed E-state index contributed by atoms with van der Waals surface area (Å²) in [5.74, 6) is 1.12. The Balaban J connectivity index is 1.45. The molecule has 0 saturated carbocycles. The van der Waals surface area contributed by atoms with E-state index in [4.69, 9.17) is 4.52 Å². The fourth-order valence-corrected chi connectivity index (χ4v) is 3.66. The van der Waals surface area contributed by atoms with Gasteiger partial charge >= 0.3 is 0 Å². The fraction of sp³-hybridized carbons (Fsp3) is 0.524. The molecule has 6 heteroatoms. The van der Waals surface area contributed by atoms with E-state index in [1.54, 1.807) is 13.0 Å². The van der Waals surface area contributed by atoms with Gasteiger partial charge in [-0.3, -0.25) is 9.69 Å². The predicted molar refractivity (Wildman–Crippen MR) is 103 cm³/mol. The zero-order valence-electron chi connectivity index (χ0n) is 16.1. The van der Waals surface area contributed by atoms with Crippen LogP contribution in [0.2, 0.25) is 0 Å². The van der Waals surface area contributed by atoms with E-state index in [1.165, 1.54) is 12.1 Å². The van der Waals surface area contributed by atoms with Crippen molar-refractivity contribution >= 4 is 11.6 Å². The number of hydrogen-bond donors (Lipinski definition) is 1. The second-order valence-electron chi connectivity index (χ2n) is 7.43. The van der Waals surface area contributed by atoms with Gasteiger partial charge in [-0.05, 0) is 68.8 Å². The SMILES string of the molecule is CCc1cc(CN2CCC[C@@H](CCC(=O)Nc3ccc(F)cc3C)C2)on1. The van der Waals surface area contributed by atoms with Crippen molar-refractivity contribution < 1.29 is 13.7 Å². The quantitative estimate of drug-likeness (QED) is 0.785. The van der Waals surface area contributed by atoms with E-state index in [2.05, 4.69) is 22.3 Å². The summed E-state index contributed by atoms with van der Waals surface area (Å²) in [5, 5.41) is 6.95. The van der Waals surface area contributed by atoms with Crippen LogP contribution in [0.4, 0.5) is 10.1 Å². The molecule has 1 aliphatic heterocycles. The number of likely N-dealkylation sites (tertiary alicyclic amines) is 1. The summed E-state index contributed by atoms with van der Waals surface area (Å²) in [5.41, 5.74) is 2.42. The van der Waals surface area contributed by atoms with Gasteiger partial charge < -0.3 is 9.84 Å². The molecule has 1 fully saturated rings. The summed E-state index contributed by atoms with van der Waals surface area (Å²) in [7, 11) is 0. The molecular weight excluding hydrogens is 345 g/mol. The van der Waals surface area contributed by atoms with Crippen LogP contribution in [0.25, 0.3) is 0 Å². The van der Waals surface area contributed by atoms with Crippen molar-refractivity contribution in [1.82, 2.24) is 10.1 Å². The van der Waals surface area contributed by atoms with Crippen molar-refractivity contribution in [3.63, 3.8) is 0 Å². The summed E-state index contributed by atoms with van der Waals surface area (Å²) in [4.78, 5) is 14.6. The lowest BCUT2D eigenvalue weighted by Gasteiger charge is -2.31. The first-order valence-corrected chi connectivity index (χ1v) is 9.76. The normalized spacial score (nSPS) is 17.8. The second-order valence-corrected chi connectivity index (χ2v) is 7.43. The molecule has 3 rings (SSSR count). The molecule has 2 aromatic rings. The van der Waals surface area contributed by atoms with E-state index in [0.717, 1.165) is 62.3 Å². The van der Waals surface area contributed by atoms with Crippen molar-refractivity contribution in [2.24, 2.45) is 5.92 Å². The Kier molecular flexibility index (Phi) is 6.61. The van der Waals surface area contributed by atoms with Crippen LogP contribution in [-0.4, -0.2) is 29.1 Å². The van der Waals surface area contributed by atoms with Gasteiger partial charge in [0, 0.05) is 24.7 Å². The Labute approximate surface area is 159 Å². The molecule has 27 heavy (non-hydrogen) atoms. The van der Waals surface area contributed by atoms with Crippen molar-refractivity contribution in [1.29, 1.82) is 0 Å². The van der Waals surface area contributed by atoms with E-state index >= 15 is 0 Å². The summed E-state index contributed by atoms with van der Waals surface area (Å²) < 4.78 is 18.6. The number of amides is 1. The second kappa shape index (κ2) is 9.13. The number of rotatable bonds is 7. The van der Waals surface area contributed by atoms with Crippen LogP contribution in [0, 0.1) is 18.7 Å². The molecule has 0 unspecified atom stereocenters. The highest BCUT2D eigenvalue weighted by atomic mass is 19.1. The van der Waals surface area contributed by atoms with Crippen LogP contribution in [-0.2, 0) is 17.8 Å². The maximum absolute atomic E-state index is 13.2. The molecule has 1 atom stereocenters. The van der Waals surface area contributed by atoms with E-state index in [0.29, 0.717) is 18.0 Å². The van der Waals surface area contributed by atoms with E-state index in [-0.39, 0.29) is 11.7 Å². The van der Waals surface area contributed by atoms with Gasteiger partial charge in [-0.1, -0.05) is 12.1 Å². The summed E-state index contributed by atoms with van der Waals surface area (Å²) >= 11 is 0. The van der Waals surface area contributed by atoms with Gasteiger partial charge in [0.05, 0.1) is 12.2 Å². The molecule has 146 valence electrons. The Hall–Kier alpha value is -2.21. The first kappa shape index (κ1) is 19.5. The molecule has 1 aromatic heterocycles. The van der Waals surface area contributed by atoms with Crippen molar-refractivity contribution in [2.75, 3.05) is 18.4 Å². The van der Waals surface area contributed by atoms with E-state index < -0.39 is 0 Å². The number of aromatic nitrogens is 1. The zero-order chi connectivity index (χ0) is 19.2. The smallest absolute Gasteiger partial charge is 0.224 e. The minimum Gasteiger partial charge on any atom is -0.360 e. The number of benzene rings is 1. The van der Waals surface area contributed by atoms with E-state index in [9.17, 15) is 9.18 Å². The first-order valence-electron chi connectivity index (χ1n) is 9.76. The van der Waals surface area contributed by atoms with Crippen molar-refractivity contribution in [2.45, 2.75) is 52.5 Å². The molecule has 1 aliphatic rings. The predicted octanol–water partition coefficient (Wildman–Crippen LogP) is 4.32. The minimum absolute atomic E-state index is 0.00958. The largest absolute Gasteiger partial charge is 0.360 e. The van der Waals surface area contributed by atoms with Gasteiger partial charge in [0.15, 0.2) is 5.76 Å². The van der Waals surface area contributed by atoms with Gasteiger partial charge in [0.1, 0.15) is 5.82 Å². The molecule has 1 N–H and O–H groups in total. The third kappa shape index (κ3) is 5.63. The topological polar surface area (TPSA) is 58.4 Å². The monoisotopic (exact) mass is 373 g/mol. The molecular formula is C21H28FN3O2. The van der Waals surface area contributed by atoms with Crippen LogP contribution in [0.5, 0.6) is 0 Å². The minimum atomic E-state index is -0.286. The molecule has 0 aliphatic carbocycles. The number of carbonyl (C=O) groups is 1. The average Bonchev–Trinajstić information content (AvgIpc) is 3.10. The van der Waals surface area contributed by atoms with Crippen LogP contribution in [0.3, 0.4) is 0 Å². The number of nitrogens with zero attached hydrogens (tertiary/aromatic N) is 2. The zero-order valence-corrected chi connectivity index (χ0v) is 16.1. The average molecular weight is 373 g/mol. The molecule has 1 amide bonds. The first-order chi connectivity index (χ1) is 13.0. The van der Waals surface area contributed by atoms with Gasteiger partial charge in [0.2, 0.25) is 5.91 Å². The van der Waals surface area contributed by atoms with Crippen LogP contribution in [0.1, 0.15) is 49.6 Å². The number of nitrogens with one attached hydrogen (secondary N) is 1. The van der Waals surface area contributed by atoms with E-state index in [1.807, 2.05) is 6.07 Å². The number of aryl methyl sites for hydroxylation is 2. The summed E-state index contributed by atoms with van der Waals surface area (Å²) in [6, 6.07) is 6.45. The van der Waals surface area contributed by atoms with Crippen molar-refractivity contribution in [3.05, 3.63) is 47.1 Å². The molecule has 1 saturated heterocycles. The number of hydrogen-bond acceptors (Lipinski definition) is 4. The maximum Gasteiger partial charge on any atom is 0.224 e. The van der Waals surface area contributed by atoms with Gasteiger partial charge in [-0.2, -0.15) is 0 Å². The number of carbonyl (C=O) groups excluding carboxylic acids is 1. The Morgan fingerprint density at radius 1 is 1.41 bits per heavy atom. The Morgan fingerprint density at radius 3 is 3.00 bits per heavy atom. The highest BCUT2D eigenvalue weighted by molar-refractivity contribution is 5.91. The van der Waals surface area contributed by atoms with Gasteiger partial charge in [-0.15, -0.1) is 0 Å². The lowest BCUT2D eigenvalue weighted by atomic mass is 9.93. The van der Waals surface area contributed by atoms with Crippen molar-refractivity contribution in [3.8, 4) is 0 Å². The Morgan fingerprint density at radius 2 is 2.26 bits per heavy atom. The number of anilines is 1. The highest BCUT2D eigenvalue weighted by Gasteiger charge is 2.22. The molecule has 5 nitrogen and oxygen atoms in total. The van der Waals surface area contributed by atoms with Crippen LogP contribution < -0.4 is 5.32 Å². The lowest BCUT2D eigenvalue weighted by Crippen LogP contribution is -2.35. The van der Waals surface area contributed by atoms with Crippen LogP contribution >= 0.6 is 0 Å². The molecule has 0 radical (unpaired) electrons. The molecule has 2 heterocycles. The summed E-state index contributed by atoms with van der Waals surface area (Å²) in [6.45, 7) is 6.68. The number of halogens is 1. The lowest BCUT2D eigenvalue weighted by molar-refractivity contribution is -0.116. The Bertz CT molecular complexity index is 775.